The van der Waals surface area contributed by atoms with E-state index in [2.05, 4.69) is 4.98 Å². The maximum Gasteiger partial charge on any atom is 0.260 e. The van der Waals surface area contributed by atoms with Crippen LogP contribution in [0.15, 0.2) is 28.7 Å². The van der Waals surface area contributed by atoms with Crippen molar-refractivity contribution in [2.45, 2.75) is 19.8 Å². The fourth-order valence-corrected chi connectivity index (χ4v) is 1.60. The highest BCUT2D eigenvalue weighted by molar-refractivity contribution is 5.71. The zero-order valence-corrected chi connectivity index (χ0v) is 9.61. The maximum absolute atomic E-state index is 12.8. The van der Waals surface area contributed by atoms with Gasteiger partial charge in [0.25, 0.3) is 5.89 Å². The lowest BCUT2D eigenvalue weighted by Crippen LogP contribution is -1.91. The second kappa shape index (κ2) is 4.49. The van der Waals surface area contributed by atoms with Crippen molar-refractivity contribution in [1.29, 1.82) is 0 Å². The lowest BCUT2D eigenvalue weighted by Gasteiger charge is -2.03. The molecular formula is C13H12FNO2. The molecule has 0 N–H and O–H groups in total. The topological polar surface area (TPSA) is 43.1 Å². The number of benzene rings is 1. The second-order valence-electron chi connectivity index (χ2n) is 4.05. The van der Waals surface area contributed by atoms with E-state index < -0.39 is 0 Å². The molecule has 0 saturated carbocycles. The van der Waals surface area contributed by atoms with Gasteiger partial charge in [0, 0.05) is 5.56 Å². The summed E-state index contributed by atoms with van der Waals surface area (Å²) in [7, 11) is 0. The molecule has 0 amide bonds. The summed E-state index contributed by atoms with van der Waals surface area (Å²) in [6.45, 7) is 3.92. The Labute approximate surface area is 98.3 Å². The number of halogens is 1. The van der Waals surface area contributed by atoms with Crippen molar-refractivity contribution in [3.05, 3.63) is 41.7 Å². The van der Waals surface area contributed by atoms with Crippen LogP contribution in [0, 0.1) is 5.82 Å². The molecule has 2 aromatic rings. The summed E-state index contributed by atoms with van der Waals surface area (Å²) in [6.07, 6.45) is 0.568. The third-order valence-electron chi connectivity index (χ3n) is 2.42. The van der Waals surface area contributed by atoms with E-state index in [1.165, 1.54) is 12.1 Å². The normalized spacial score (nSPS) is 10.8. The van der Waals surface area contributed by atoms with Crippen molar-refractivity contribution in [3.8, 4) is 11.3 Å². The number of carbonyl (C=O) groups excluding carboxylic acids is 1. The average molecular weight is 233 g/mol. The first-order valence-corrected chi connectivity index (χ1v) is 5.33. The zero-order valence-electron chi connectivity index (χ0n) is 9.61. The number of hydrogen-bond acceptors (Lipinski definition) is 3. The lowest BCUT2D eigenvalue weighted by atomic mass is 10.0. The van der Waals surface area contributed by atoms with E-state index in [0.29, 0.717) is 17.7 Å². The third-order valence-corrected chi connectivity index (χ3v) is 2.42. The molecule has 0 unspecified atom stereocenters. The Morgan fingerprint density at radius 3 is 2.47 bits per heavy atom. The summed E-state index contributed by atoms with van der Waals surface area (Å²) >= 11 is 0. The molecule has 0 aliphatic heterocycles. The molecule has 0 aliphatic rings. The Kier molecular flexibility index (Phi) is 3.04. The molecule has 1 aromatic heterocycles. The van der Waals surface area contributed by atoms with Crippen molar-refractivity contribution >= 4 is 6.29 Å². The van der Waals surface area contributed by atoms with Crippen LogP contribution in [-0.2, 0) is 0 Å². The zero-order chi connectivity index (χ0) is 12.4. The highest BCUT2D eigenvalue weighted by Gasteiger charge is 2.17. The first-order chi connectivity index (χ1) is 8.11. The smallest absolute Gasteiger partial charge is 0.260 e. The average Bonchev–Trinajstić information content (AvgIpc) is 2.74. The van der Waals surface area contributed by atoms with Gasteiger partial charge in [0.1, 0.15) is 5.82 Å². The molecule has 0 spiro atoms. The maximum atomic E-state index is 12.8. The van der Waals surface area contributed by atoms with Gasteiger partial charge in [-0.15, -0.1) is 0 Å². The first-order valence-electron chi connectivity index (χ1n) is 5.33. The molecule has 17 heavy (non-hydrogen) atoms. The van der Waals surface area contributed by atoms with Crippen LogP contribution in [-0.4, -0.2) is 11.3 Å². The van der Waals surface area contributed by atoms with Crippen LogP contribution >= 0.6 is 0 Å². The van der Waals surface area contributed by atoms with Crippen molar-refractivity contribution in [2.75, 3.05) is 0 Å². The molecule has 1 aromatic carbocycles. The summed E-state index contributed by atoms with van der Waals surface area (Å²) in [5.41, 5.74) is 1.43. The predicted octanol–water partition coefficient (Wildman–Crippen LogP) is 3.42. The van der Waals surface area contributed by atoms with Gasteiger partial charge in [-0.25, -0.2) is 9.37 Å². The molecule has 4 heteroatoms. The monoisotopic (exact) mass is 233 g/mol. The fraction of sp³-hybridized carbons (Fsp3) is 0.231. The van der Waals surface area contributed by atoms with Crippen LogP contribution in [0.5, 0.6) is 0 Å². The van der Waals surface area contributed by atoms with E-state index in [1.807, 2.05) is 13.8 Å². The van der Waals surface area contributed by atoms with Crippen LogP contribution in [0.1, 0.15) is 36.1 Å². The van der Waals surface area contributed by atoms with Gasteiger partial charge in [-0.1, -0.05) is 13.8 Å². The third kappa shape index (κ3) is 2.25. The molecule has 3 nitrogen and oxygen atoms in total. The number of nitrogens with zero attached hydrogens (tertiary/aromatic N) is 1. The van der Waals surface area contributed by atoms with Crippen LogP contribution in [0.2, 0.25) is 0 Å². The lowest BCUT2D eigenvalue weighted by molar-refractivity contribution is 0.109. The summed E-state index contributed by atoms with van der Waals surface area (Å²) in [6, 6.07) is 5.91. The standard InChI is InChI=1S/C13H12FNO2/c1-8(2)12-13(17-11(7-16)15-12)9-3-5-10(14)6-4-9/h3-8H,1-2H3. The number of rotatable bonds is 3. The van der Waals surface area contributed by atoms with Crippen LogP contribution in [0.25, 0.3) is 11.3 Å². The SMILES string of the molecule is CC(C)c1nc(C=O)oc1-c1ccc(F)cc1. The Morgan fingerprint density at radius 2 is 1.94 bits per heavy atom. The number of aromatic nitrogens is 1. The van der Waals surface area contributed by atoms with Crippen LogP contribution < -0.4 is 0 Å². The summed E-state index contributed by atoms with van der Waals surface area (Å²) in [5.74, 6) is 0.401. The Bertz CT molecular complexity index is 529. The molecule has 88 valence electrons. The van der Waals surface area contributed by atoms with E-state index in [-0.39, 0.29) is 17.6 Å². The predicted molar refractivity (Wildman–Crippen MR) is 61.4 cm³/mol. The van der Waals surface area contributed by atoms with E-state index in [1.54, 1.807) is 12.1 Å². The Hall–Kier alpha value is -1.97. The minimum atomic E-state index is -0.310. The van der Waals surface area contributed by atoms with Crippen molar-refractivity contribution in [1.82, 2.24) is 4.98 Å². The van der Waals surface area contributed by atoms with Gasteiger partial charge in [0.2, 0.25) is 6.29 Å². The quantitative estimate of drug-likeness (QED) is 0.763. The van der Waals surface area contributed by atoms with Crippen LogP contribution in [0.4, 0.5) is 4.39 Å². The number of hydrogen-bond donors (Lipinski definition) is 0. The van der Waals surface area contributed by atoms with E-state index in [0.717, 1.165) is 5.56 Å². The molecule has 2 rings (SSSR count). The minimum Gasteiger partial charge on any atom is -0.434 e. The second-order valence-corrected chi connectivity index (χ2v) is 4.05. The molecule has 0 aliphatic carbocycles. The molecule has 0 radical (unpaired) electrons. The largest absolute Gasteiger partial charge is 0.434 e. The van der Waals surface area contributed by atoms with Gasteiger partial charge >= 0.3 is 0 Å². The van der Waals surface area contributed by atoms with Gasteiger partial charge in [0.15, 0.2) is 5.76 Å². The van der Waals surface area contributed by atoms with Crippen LogP contribution in [0.3, 0.4) is 0 Å². The number of aldehydes is 1. The van der Waals surface area contributed by atoms with Gasteiger partial charge in [-0.3, -0.25) is 4.79 Å². The summed E-state index contributed by atoms with van der Waals surface area (Å²) in [4.78, 5) is 14.8. The van der Waals surface area contributed by atoms with Gasteiger partial charge < -0.3 is 4.42 Å². The number of carbonyl (C=O) groups is 1. The number of oxazole rings is 1. The minimum absolute atomic E-state index is 0.0491. The molecule has 0 fully saturated rings. The van der Waals surface area contributed by atoms with E-state index >= 15 is 0 Å². The highest BCUT2D eigenvalue weighted by Crippen LogP contribution is 2.29. The fourth-order valence-electron chi connectivity index (χ4n) is 1.60. The molecule has 0 bridgehead atoms. The van der Waals surface area contributed by atoms with E-state index in [9.17, 15) is 9.18 Å². The van der Waals surface area contributed by atoms with E-state index in [4.69, 9.17) is 4.42 Å². The summed E-state index contributed by atoms with van der Waals surface area (Å²) < 4.78 is 18.2. The Balaban J connectivity index is 2.53. The van der Waals surface area contributed by atoms with Gasteiger partial charge in [-0.05, 0) is 30.2 Å². The molecule has 0 atom stereocenters. The molecule has 1 heterocycles. The Morgan fingerprint density at radius 1 is 1.29 bits per heavy atom. The summed E-state index contributed by atoms with van der Waals surface area (Å²) in [5, 5.41) is 0. The van der Waals surface area contributed by atoms with Crippen molar-refractivity contribution in [2.24, 2.45) is 0 Å². The van der Waals surface area contributed by atoms with Crippen molar-refractivity contribution in [3.63, 3.8) is 0 Å². The highest BCUT2D eigenvalue weighted by atomic mass is 19.1. The van der Waals surface area contributed by atoms with Gasteiger partial charge in [0.05, 0.1) is 5.69 Å². The molecule has 0 saturated heterocycles. The van der Waals surface area contributed by atoms with Gasteiger partial charge in [-0.2, -0.15) is 0 Å². The van der Waals surface area contributed by atoms with Crippen molar-refractivity contribution < 1.29 is 13.6 Å². The first kappa shape index (κ1) is 11.5. The molecular weight excluding hydrogens is 221 g/mol.